The highest BCUT2D eigenvalue weighted by molar-refractivity contribution is 8.00. The first kappa shape index (κ1) is 22.2. The van der Waals surface area contributed by atoms with E-state index in [0.717, 1.165) is 22.7 Å². The number of carbonyl (C=O) groups excluding carboxylic acids is 2. The van der Waals surface area contributed by atoms with E-state index in [1.807, 2.05) is 31.2 Å². The Kier molecular flexibility index (Phi) is 8.03. The van der Waals surface area contributed by atoms with Gasteiger partial charge in [-0.1, -0.05) is 26.0 Å². The molecule has 0 saturated heterocycles. The zero-order valence-electron chi connectivity index (χ0n) is 16.5. The van der Waals surface area contributed by atoms with Gasteiger partial charge in [0.2, 0.25) is 11.8 Å². The van der Waals surface area contributed by atoms with Crippen LogP contribution in [0.15, 0.2) is 65.6 Å². The summed E-state index contributed by atoms with van der Waals surface area (Å²) < 4.78 is 0. The van der Waals surface area contributed by atoms with Crippen LogP contribution < -0.4 is 10.6 Å². The largest absolute Gasteiger partial charge is 0.478 e. The minimum atomic E-state index is -1.19. The van der Waals surface area contributed by atoms with Crippen molar-refractivity contribution >= 4 is 40.9 Å². The molecular formula is C22H24N2O4S. The maximum absolute atomic E-state index is 12.4. The van der Waals surface area contributed by atoms with Gasteiger partial charge in [-0.2, -0.15) is 0 Å². The van der Waals surface area contributed by atoms with Crippen molar-refractivity contribution in [2.45, 2.75) is 36.8 Å². The zero-order valence-corrected chi connectivity index (χ0v) is 17.3. The van der Waals surface area contributed by atoms with Gasteiger partial charge in [-0.15, -0.1) is 11.8 Å². The lowest BCUT2D eigenvalue weighted by Crippen LogP contribution is -2.22. The summed E-state index contributed by atoms with van der Waals surface area (Å²) in [6.45, 7) is 6.07. The molecule has 0 heterocycles. The van der Waals surface area contributed by atoms with Crippen molar-refractivity contribution in [1.29, 1.82) is 0 Å². The van der Waals surface area contributed by atoms with Crippen LogP contribution in [-0.4, -0.2) is 28.1 Å². The molecule has 0 bridgehead atoms. The maximum Gasteiger partial charge on any atom is 0.328 e. The third-order valence-corrected chi connectivity index (χ3v) is 5.14. The molecule has 2 aromatic rings. The number of anilines is 2. The van der Waals surface area contributed by atoms with Crippen molar-refractivity contribution in [3.05, 3.63) is 66.2 Å². The molecule has 2 amide bonds. The fourth-order valence-electron chi connectivity index (χ4n) is 2.40. The molecule has 3 N–H and O–H groups in total. The summed E-state index contributed by atoms with van der Waals surface area (Å²) in [5.41, 5.74) is 2.52. The van der Waals surface area contributed by atoms with Gasteiger partial charge in [0.05, 0.1) is 5.25 Å². The molecule has 0 aliphatic carbocycles. The van der Waals surface area contributed by atoms with Crippen molar-refractivity contribution in [1.82, 2.24) is 0 Å². The predicted octanol–water partition coefficient (Wildman–Crippen LogP) is 4.51. The van der Waals surface area contributed by atoms with Gasteiger partial charge in [-0.25, -0.2) is 4.79 Å². The predicted molar refractivity (Wildman–Crippen MR) is 116 cm³/mol. The van der Waals surface area contributed by atoms with Gasteiger partial charge in [-0.05, 0) is 54.8 Å². The minimum Gasteiger partial charge on any atom is -0.478 e. The second kappa shape index (κ2) is 10.5. The second-order valence-corrected chi connectivity index (χ2v) is 8.13. The van der Waals surface area contributed by atoms with Gasteiger partial charge >= 0.3 is 5.97 Å². The fourth-order valence-corrected chi connectivity index (χ4v) is 3.27. The Balaban J connectivity index is 1.89. The van der Waals surface area contributed by atoms with E-state index >= 15 is 0 Å². The SMILES string of the molecule is CC(Sc1ccc(NC(=O)/C=C/C(=O)O)cc1)C(=O)Nc1ccc(C(C)C)cc1. The molecule has 152 valence electrons. The van der Waals surface area contributed by atoms with Gasteiger partial charge in [0.1, 0.15) is 0 Å². The van der Waals surface area contributed by atoms with Crippen LogP contribution in [0.25, 0.3) is 0 Å². The summed E-state index contributed by atoms with van der Waals surface area (Å²) in [5.74, 6) is -1.36. The normalized spacial score (nSPS) is 12.0. The quantitative estimate of drug-likeness (QED) is 0.438. The van der Waals surface area contributed by atoms with Gasteiger partial charge in [0.25, 0.3) is 0 Å². The third kappa shape index (κ3) is 7.46. The number of thioether (sulfide) groups is 1. The molecule has 0 aliphatic rings. The number of aliphatic carboxylic acids is 1. The van der Waals surface area contributed by atoms with E-state index in [1.54, 1.807) is 24.3 Å². The summed E-state index contributed by atoms with van der Waals surface area (Å²) in [5, 5.41) is 13.7. The number of nitrogens with one attached hydrogen (secondary N) is 2. The first-order valence-corrected chi connectivity index (χ1v) is 10.0. The Morgan fingerprint density at radius 1 is 0.862 bits per heavy atom. The highest BCUT2D eigenvalue weighted by Gasteiger charge is 2.15. The van der Waals surface area contributed by atoms with Gasteiger partial charge in [-0.3, -0.25) is 9.59 Å². The number of carboxylic acids is 1. The van der Waals surface area contributed by atoms with Crippen LogP contribution in [0.4, 0.5) is 11.4 Å². The Labute approximate surface area is 174 Å². The number of hydrogen-bond donors (Lipinski definition) is 3. The Bertz CT molecular complexity index is 890. The molecule has 6 nitrogen and oxygen atoms in total. The maximum atomic E-state index is 12.4. The molecule has 0 radical (unpaired) electrons. The average Bonchev–Trinajstić information content (AvgIpc) is 2.68. The number of hydrogen-bond acceptors (Lipinski definition) is 4. The van der Waals surface area contributed by atoms with Crippen LogP contribution in [0.3, 0.4) is 0 Å². The lowest BCUT2D eigenvalue weighted by Gasteiger charge is -2.13. The van der Waals surface area contributed by atoms with Crippen molar-refractivity contribution in [2.24, 2.45) is 0 Å². The molecule has 0 fully saturated rings. The number of carboxylic acid groups (broad SMARTS) is 1. The highest BCUT2D eigenvalue weighted by atomic mass is 32.2. The van der Waals surface area contributed by atoms with Crippen LogP contribution in [0, 0.1) is 0 Å². The average molecular weight is 413 g/mol. The van der Waals surface area contributed by atoms with Crippen molar-refractivity contribution in [3.8, 4) is 0 Å². The Morgan fingerprint density at radius 3 is 1.97 bits per heavy atom. The van der Waals surface area contributed by atoms with Crippen molar-refractivity contribution in [2.75, 3.05) is 10.6 Å². The lowest BCUT2D eigenvalue weighted by molar-refractivity contribution is -0.131. The molecule has 1 atom stereocenters. The van der Waals surface area contributed by atoms with Gasteiger partial charge in [0.15, 0.2) is 0 Å². The Hall–Kier alpha value is -3.06. The lowest BCUT2D eigenvalue weighted by atomic mass is 10.0. The molecule has 2 rings (SSSR count). The van der Waals surface area contributed by atoms with E-state index in [0.29, 0.717) is 11.6 Å². The molecule has 1 unspecified atom stereocenters. The van der Waals surface area contributed by atoms with Crippen LogP contribution in [0.1, 0.15) is 32.3 Å². The summed E-state index contributed by atoms with van der Waals surface area (Å²) in [4.78, 5) is 35.3. The Morgan fingerprint density at radius 2 is 1.41 bits per heavy atom. The summed E-state index contributed by atoms with van der Waals surface area (Å²) in [6.07, 6.45) is 1.72. The van der Waals surface area contributed by atoms with Crippen LogP contribution >= 0.6 is 11.8 Å². The molecular weight excluding hydrogens is 388 g/mol. The molecule has 2 aromatic carbocycles. The van der Waals surface area contributed by atoms with Crippen LogP contribution in [0.2, 0.25) is 0 Å². The zero-order chi connectivity index (χ0) is 21.4. The van der Waals surface area contributed by atoms with Crippen molar-refractivity contribution < 1.29 is 19.5 Å². The topological polar surface area (TPSA) is 95.5 Å². The first-order chi connectivity index (χ1) is 13.7. The highest BCUT2D eigenvalue weighted by Crippen LogP contribution is 2.26. The first-order valence-electron chi connectivity index (χ1n) is 9.14. The number of amides is 2. The van der Waals surface area contributed by atoms with Gasteiger partial charge < -0.3 is 15.7 Å². The van der Waals surface area contributed by atoms with E-state index < -0.39 is 11.9 Å². The van der Waals surface area contributed by atoms with E-state index in [9.17, 15) is 14.4 Å². The third-order valence-electron chi connectivity index (χ3n) is 4.03. The summed E-state index contributed by atoms with van der Waals surface area (Å²) in [6, 6.07) is 14.8. The smallest absolute Gasteiger partial charge is 0.328 e. The monoisotopic (exact) mass is 412 g/mol. The molecule has 0 aliphatic heterocycles. The van der Waals surface area contributed by atoms with E-state index in [4.69, 9.17) is 5.11 Å². The van der Waals surface area contributed by atoms with E-state index in [2.05, 4.69) is 24.5 Å². The van der Waals surface area contributed by atoms with E-state index in [-0.39, 0.29) is 11.2 Å². The van der Waals surface area contributed by atoms with Crippen LogP contribution in [0.5, 0.6) is 0 Å². The van der Waals surface area contributed by atoms with E-state index in [1.165, 1.54) is 17.3 Å². The summed E-state index contributed by atoms with van der Waals surface area (Å²) >= 11 is 1.40. The molecule has 0 spiro atoms. The molecule has 0 aromatic heterocycles. The number of carbonyl (C=O) groups is 3. The fraction of sp³-hybridized carbons (Fsp3) is 0.227. The van der Waals surface area contributed by atoms with Gasteiger partial charge in [0, 0.05) is 28.4 Å². The van der Waals surface area contributed by atoms with Crippen molar-refractivity contribution in [3.63, 3.8) is 0 Å². The van der Waals surface area contributed by atoms with Crippen LogP contribution in [-0.2, 0) is 14.4 Å². The number of benzene rings is 2. The summed E-state index contributed by atoms with van der Waals surface area (Å²) in [7, 11) is 0. The molecule has 29 heavy (non-hydrogen) atoms. The minimum absolute atomic E-state index is 0.0940. The standard InChI is InChI=1S/C22H24N2O4S/c1-14(2)16-4-6-18(7-5-16)24-22(28)15(3)29-19-10-8-17(9-11-19)23-20(25)12-13-21(26)27/h4-15H,1-3H3,(H,23,25)(H,24,28)(H,26,27)/b13-12+. The number of rotatable bonds is 8. The molecule has 7 heteroatoms. The second-order valence-electron chi connectivity index (χ2n) is 6.71. The molecule has 0 saturated carbocycles.